The van der Waals surface area contributed by atoms with Crippen LogP contribution in [0.2, 0.25) is 0 Å². The molecule has 3 aromatic rings. The highest BCUT2D eigenvalue weighted by atomic mass is 19.1. The molecule has 3 heterocycles. The van der Waals surface area contributed by atoms with Crippen molar-refractivity contribution in [1.29, 1.82) is 0 Å². The third-order valence-corrected chi connectivity index (χ3v) is 4.65. The van der Waals surface area contributed by atoms with Crippen LogP contribution in [0, 0.1) is 5.82 Å². The molecule has 0 amide bonds. The Morgan fingerprint density at radius 3 is 2.85 bits per heavy atom. The lowest BCUT2D eigenvalue weighted by molar-refractivity contribution is 0.185. The Kier molecular flexibility index (Phi) is 4.57. The molecule has 26 heavy (non-hydrogen) atoms. The average molecular weight is 355 g/mol. The summed E-state index contributed by atoms with van der Waals surface area (Å²) in [6.45, 7) is 2.13. The minimum absolute atomic E-state index is 0.140. The Bertz CT molecular complexity index is 946. The van der Waals surface area contributed by atoms with E-state index >= 15 is 0 Å². The van der Waals surface area contributed by atoms with E-state index in [0.29, 0.717) is 23.7 Å². The first-order chi connectivity index (χ1) is 12.7. The molecule has 1 N–H and O–H groups in total. The summed E-state index contributed by atoms with van der Waals surface area (Å²) in [5, 5.41) is 3.93. The highest BCUT2D eigenvalue weighted by molar-refractivity contribution is 5.54. The van der Waals surface area contributed by atoms with Crippen LogP contribution in [-0.2, 0) is 6.54 Å². The molecular weight excluding hydrogens is 337 g/mol. The van der Waals surface area contributed by atoms with Gasteiger partial charge in [-0.3, -0.25) is 14.7 Å². The third kappa shape index (κ3) is 3.41. The van der Waals surface area contributed by atoms with Gasteiger partial charge >= 0.3 is 0 Å². The molecule has 0 unspecified atom stereocenters. The molecule has 0 aliphatic carbocycles. The summed E-state index contributed by atoms with van der Waals surface area (Å²) in [6, 6.07) is 6.38. The van der Waals surface area contributed by atoms with Crippen LogP contribution in [-0.4, -0.2) is 38.1 Å². The number of nitrogens with one attached hydrogen (secondary N) is 1. The maximum Gasteiger partial charge on any atom is 0.270 e. The van der Waals surface area contributed by atoms with Crippen molar-refractivity contribution in [3.05, 3.63) is 64.4 Å². The lowest BCUT2D eigenvalue weighted by Crippen LogP contribution is -2.34. The molecule has 0 saturated carbocycles. The second kappa shape index (κ2) is 7.17. The topological polar surface area (TPSA) is 87.9 Å². The highest BCUT2D eigenvalue weighted by Gasteiger charge is 2.26. The van der Waals surface area contributed by atoms with Crippen molar-refractivity contribution in [1.82, 2.24) is 25.0 Å². The monoisotopic (exact) mass is 355 g/mol. The van der Waals surface area contributed by atoms with Gasteiger partial charge in [-0.25, -0.2) is 4.39 Å². The lowest BCUT2D eigenvalue weighted by Gasteiger charge is -2.29. The predicted octanol–water partition coefficient (Wildman–Crippen LogP) is 2.34. The normalized spacial score (nSPS) is 16.0. The second-order valence-electron chi connectivity index (χ2n) is 6.35. The van der Waals surface area contributed by atoms with Gasteiger partial charge in [-0.2, -0.15) is 4.98 Å². The number of aromatic amines is 1. The second-order valence-corrected chi connectivity index (χ2v) is 6.35. The molecule has 1 aromatic carbocycles. The summed E-state index contributed by atoms with van der Waals surface area (Å²) < 4.78 is 19.2. The fourth-order valence-electron chi connectivity index (χ4n) is 3.20. The standard InChI is InChI=1S/C18H18FN5O2/c19-14-4-2-1-3-13(14)16-22-18(26-23-16)12-5-9-24(10-6-12)11-15-17(25)21-8-7-20-15/h1-4,7-8,12H,5-6,9-11H2,(H,21,25). The molecule has 0 radical (unpaired) electrons. The van der Waals surface area contributed by atoms with E-state index in [9.17, 15) is 9.18 Å². The fourth-order valence-corrected chi connectivity index (χ4v) is 3.20. The zero-order chi connectivity index (χ0) is 17.9. The van der Waals surface area contributed by atoms with Crippen LogP contribution in [0.25, 0.3) is 11.4 Å². The summed E-state index contributed by atoms with van der Waals surface area (Å²) in [4.78, 5) is 25.1. The van der Waals surface area contributed by atoms with Gasteiger partial charge in [0, 0.05) is 24.9 Å². The number of benzene rings is 1. The van der Waals surface area contributed by atoms with Gasteiger partial charge in [-0.05, 0) is 38.1 Å². The maximum atomic E-state index is 13.9. The summed E-state index contributed by atoms with van der Waals surface area (Å²) in [6.07, 6.45) is 4.79. The quantitative estimate of drug-likeness (QED) is 0.773. The summed E-state index contributed by atoms with van der Waals surface area (Å²) in [7, 11) is 0. The van der Waals surface area contributed by atoms with E-state index in [4.69, 9.17) is 4.52 Å². The minimum Gasteiger partial charge on any atom is -0.339 e. The molecule has 1 aliphatic rings. The van der Waals surface area contributed by atoms with Gasteiger partial charge in [0.25, 0.3) is 5.56 Å². The molecule has 0 bridgehead atoms. The van der Waals surface area contributed by atoms with E-state index < -0.39 is 0 Å². The molecule has 1 saturated heterocycles. The molecule has 8 heteroatoms. The summed E-state index contributed by atoms with van der Waals surface area (Å²) >= 11 is 0. The molecule has 134 valence electrons. The Labute approximate surface area is 148 Å². The number of hydrogen-bond acceptors (Lipinski definition) is 6. The van der Waals surface area contributed by atoms with Crippen LogP contribution in [0.1, 0.15) is 30.3 Å². The van der Waals surface area contributed by atoms with Crippen LogP contribution in [0.3, 0.4) is 0 Å². The average Bonchev–Trinajstić information content (AvgIpc) is 3.14. The number of nitrogens with zero attached hydrogens (tertiary/aromatic N) is 4. The largest absolute Gasteiger partial charge is 0.339 e. The highest BCUT2D eigenvalue weighted by Crippen LogP contribution is 2.29. The van der Waals surface area contributed by atoms with Crippen molar-refractivity contribution in [3.63, 3.8) is 0 Å². The number of aromatic nitrogens is 4. The molecule has 1 fully saturated rings. The molecule has 0 atom stereocenters. The molecular formula is C18H18FN5O2. The van der Waals surface area contributed by atoms with Crippen molar-refractivity contribution in [2.24, 2.45) is 0 Å². The van der Waals surface area contributed by atoms with E-state index in [2.05, 4.69) is 25.0 Å². The van der Waals surface area contributed by atoms with Gasteiger partial charge in [-0.1, -0.05) is 17.3 Å². The van der Waals surface area contributed by atoms with Gasteiger partial charge < -0.3 is 9.51 Å². The van der Waals surface area contributed by atoms with Gasteiger partial charge in [0.05, 0.1) is 5.56 Å². The first-order valence-electron chi connectivity index (χ1n) is 8.54. The van der Waals surface area contributed by atoms with Gasteiger partial charge in [-0.15, -0.1) is 0 Å². The molecule has 1 aliphatic heterocycles. The Hall–Kier alpha value is -2.87. The van der Waals surface area contributed by atoms with Crippen molar-refractivity contribution in [3.8, 4) is 11.4 Å². The zero-order valence-electron chi connectivity index (χ0n) is 14.1. The fraction of sp³-hybridized carbons (Fsp3) is 0.333. The molecule has 4 rings (SSSR count). The maximum absolute atomic E-state index is 13.9. The van der Waals surface area contributed by atoms with Crippen molar-refractivity contribution < 1.29 is 8.91 Å². The summed E-state index contributed by atoms with van der Waals surface area (Å²) in [5.41, 5.74) is 0.709. The Morgan fingerprint density at radius 2 is 2.08 bits per heavy atom. The van der Waals surface area contributed by atoms with Crippen LogP contribution < -0.4 is 5.56 Å². The first kappa shape index (κ1) is 16.6. The third-order valence-electron chi connectivity index (χ3n) is 4.65. The molecule has 2 aromatic heterocycles. The van der Waals surface area contributed by atoms with Gasteiger partial charge in [0.2, 0.25) is 11.7 Å². The smallest absolute Gasteiger partial charge is 0.270 e. The van der Waals surface area contributed by atoms with Crippen molar-refractivity contribution >= 4 is 0 Å². The Balaban J connectivity index is 1.40. The SMILES string of the molecule is O=c1[nH]ccnc1CN1CCC(c2nc(-c3ccccc3F)no2)CC1. The van der Waals surface area contributed by atoms with E-state index in [1.54, 1.807) is 24.4 Å². The van der Waals surface area contributed by atoms with Gasteiger partial charge in [0.15, 0.2) is 0 Å². The number of piperidine rings is 1. The lowest BCUT2D eigenvalue weighted by atomic mass is 9.96. The summed E-state index contributed by atoms with van der Waals surface area (Å²) in [5.74, 6) is 0.593. The molecule has 0 spiro atoms. The van der Waals surface area contributed by atoms with Crippen LogP contribution in [0.4, 0.5) is 4.39 Å². The van der Waals surface area contributed by atoms with E-state index in [1.165, 1.54) is 12.3 Å². The number of halogens is 1. The minimum atomic E-state index is -0.366. The first-order valence-corrected chi connectivity index (χ1v) is 8.54. The zero-order valence-corrected chi connectivity index (χ0v) is 14.1. The van der Waals surface area contributed by atoms with E-state index in [-0.39, 0.29) is 23.1 Å². The van der Waals surface area contributed by atoms with E-state index in [0.717, 1.165) is 25.9 Å². The molecule has 7 nitrogen and oxygen atoms in total. The van der Waals surface area contributed by atoms with Crippen molar-refractivity contribution in [2.75, 3.05) is 13.1 Å². The van der Waals surface area contributed by atoms with Crippen LogP contribution in [0.5, 0.6) is 0 Å². The van der Waals surface area contributed by atoms with Crippen LogP contribution in [0.15, 0.2) is 46.0 Å². The number of hydrogen-bond donors (Lipinski definition) is 1. The number of rotatable bonds is 4. The number of likely N-dealkylation sites (tertiary alicyclic amines) is 1. The van der Waals surface area contributed by atoms with Crippen molar-refractivity contribution in [2.45, 2.75) is 25.3 Å². The Morgan fingerprint density at radius 1 is 1.27 bits per heavy atom. The van der Waals surface area contributed by atoms with Crippen LogP contribution >= 0.6 is 0 Å². The number of H-pyrrole nitrogens is 1. The van der Waals surface area contributed by atoms with Gasteiger partial charge in [0.1, 0.15) is 11.5 Å². The predicted molar refractivity (Wildman–Crippen MR) is 91.8 cm³/mol. The van der Waals surface area contributed by atoms with E-state index in [1.807, 2.05) is 0 Å².